The first-order valence-electron chi connectivity index (χ1n) is 9.62. The van der Waals surface area contributed by atoms with Gasteiger partial charge in [-0.05, 0) is 55.3 Å². The van der Waals surface area contributed by atoms with Gasteiger partial charge >= 0.3 is 0 Å². The molecule has 29 heavy (non-hydrogen) atoms. The number of hydrogen-bond acceptors (Lipinski definition) is 4. The van der Waals surface area contributed by atoms with Crippen LogP contribution in [0.4, 0.5) is 11.4 Å². The van der Waals surface area contributed by atoms with Gasteiger partial charge in [-0.25, -0.2) is 0 Å². The van der Waals surface area contributed by atoms with Crippen LogP contribution in [0, 0.1) is 0 Å². The van der Waals surface area contributed by atoms with Gasteiger partial charge in [0.2, 0.25) is 11.8 Å². The molecule has 0 spiro atoms. The number of carbonyl (C=O) groups excluding carboxylic acids is 3. The van der Waals surface area contributed by atoms with Crippen LogP contribution in [0.15, 0.2) is 48.5 Å². The van der Waals surface area contributed by atoms with Gasteiger partial charge in [-0.15, -0.1) is 0 Å². The fourth-order valence-corrected chi connectivity index (χ4v) is 3.25. The van der Waals surface area contributed by atoms with Gasteiger partial charge in [0.1, 0.15) is 5.75 Å². The molecule has 1 atom stereocenters. The van der Waals surface area contributed by atoms with Crippen LogP contribution in [-0.2, 0) is 14.4 Å². The highest BCUT2D eigenvalue weighted by atomic mass is 16.5. The summed E-state index contributed by atoms with van der Waals surface area (Å²) < 4.78 is 5.55. The summed E-state index contributed by atoms with van der Waals surface area (Å²) in [6.07, 6.45) is 1.47. The van der Waals surface area contributed by atoms with Crippen molar-refractivity contribution in [1.29, 1.82) is 0 Å². The molecule has 7 nitrogen and oxygen atoms in total. The van der Waals surface area contributed by atoms with Gasteiger partial charge < -0.3 is 20.3 Å². The van der Waals surface area contributed by atoms with Gasteiger partial charge in [0.05, 0.1) is 6.04 Å². The van der Waals surface area contributed by atoms with E-state index in [9.17, 15) is 14.4 Å². The van der Waals surface area contributed by atoms with E-state index in [4.69, 9.17) is 4.74 Å². The van der Waals surface area contributed by atoms with E-state index < -0.39 is 0 Å². The number of anilines is 2. The van der Waals surface area contributed by atoms with Crippen LogP contribution in [-0.4, -0.2) is 30.9 Å². The molecule has 1 saturated heterocycles. The molecule has 0 aromatic heterocycles. The molecule has 2 aromatic rings. The summed E-state index contributed by atoms with van der Waals surface area (Å²) in [7, 11) is 0. The molecule has 1 fully saturated rings. The maximum Gasteiger partial charge on any atom is 0.258 e. The van der Waals surface area contributed by atoms with E-state index in [2.05, 4.69) is 10.6 Å². The average Bonchev–Trinajstić information content (AvgIpc) is 3.12. The van der Waals surface area contributed by atoms with Crippen molar-refractivity contribution in [3.8, 4) is 5.75 Å². The molecular formula is C22H25N3O4. The number of rotatable bonds is 7. The van der Waals surface area contributed by atoms with Crippen LogP contribution in [0.1, 0.15) is 38.3 Å². The molecule has 2 aromatic carbocycles. The molecule has 152 valence electrons. The third-order valence-corrected chi connectivity index (χ3v) is 4.68. The quantitative estimate of drug-likeness (QED) is 0.754. The van der Waals surface area contributed by atoms with Crippen molar-refractivity contribution in [2.45, 2.75) is 32.7 Å². The standard InChI is InChI=1S/C22H25N3O4/c1-15(17-5-3-6-18(13-17)24-16(2)26)23-21(27)14-29-20-10-8-19(9-11-20)25-12-4-7-22(25)28/h3,5-6,8-11,13,15H,4,7,12,14H2,1-2H3,(H,23,27)(H,24,26). The lowest BCUT2D eigenvalue weighted by molar-refractivity contribution is -0.123. The Bertz CT molecular complexity index is 895. The third-order valence-electron chi connectivity index (χ3n) is 4.68. The Hall–Kier alpha value is -3.35. The Balaban J connectivity index is 1.50. The fourth-order valence-electron chi connectivity index (χ4n) is 3.25. The largest absolute Gasteiger partial charge is 0.484 e. The zero-order valence-electron chi connectivity index (χ0n) is 16.6. The molecule has 2 N–H and O–H groups in total. The molecule has 1 aliphatic rings. The third kappa shape index (κ3) is 5.57. The second-order valence-corrected chi connectivity index (χ2v) is 7.03. The maximum absolute atomic E-state index is 12.2. The van der Waals surface area contributed by atoms with Gasteiger partial charge in [0.25, 0.3) is 5.91 Å². The molecular weight excluding hydrogens is 370 g/mol. The molecule has 0 saturated carbocycles. The fraction of sp³-hybridized carbons (Fsp3) is 0.318. The summed E-state index contributed by atoms with van der Waals surface area (Å²) in [5.41, 5.74) is 2.41. The van der Waals surface area contributed by atoms with Crippen LogP contribution < -0.4 is 20.3 Å². The Morgan fingerprint density at radius 2 is 1.93 bits per heavy atom. The van der Waals surface area contributed by atoms with E-state index in [1.54, 1.807) is 23.1 Å². The van der Waals surface area contributed by atoms with Gasteiger partial charge in [0.15, 0.2) is 6.61 Å². The number of nitrogens with one attached hydrogen (secondary N) is 2. The van der Waals surface area contributed by atoms with E-state index in [1.165, 1.54) is 6.92 Å². The minimum absolute atomic E-state index is 0.113. The van der Waals surface area contributed by atoms with Crippen LogP contribution in [0.25, 0.3) is 0 Å². The van der Waals surface area contributed by atoms with Gasteiger partial charge in [-0.1, -0.05) is 12.1 Å². The lowest BCUT2D eigenvalue weighted by atomic mass is 10.1. The molecule has 0 bridgehead atoms. The van der Waals surface area contributed by atoms with E-state index in [0.29, 0.717) is 17.9 Å². The molecule has 1 unspecified atom stereocenters. The van der Waals surface area contributed by atoms with Crippen LogP contribution in [0.2, 0.25) is 0 Å². The van der Waals surface area contributed by atoms with Crippen molar-refractivity contribution in [3.63, 3.8) is 0 Å². The molecule has 3 amide bonds. The molecule has 1 heterocycles. The summed E-state index contributed by atoms with van der Waals surface area (Å²) in [6, 6.07) is 14.3. The van der Waals surface area contributed by atoms with E-state index in [0.717, 1.165) is 24.2 Å². The Morgan fingerprint density at radius 3 is 2.59 bits per heavy atom. The average molecular weight is 395 g/mol. The van der Waals surface area contributed by atoms with Crippen molar-refractivity contribution in [2.75, 3.05) is 23.4 Å². The first kappa shape index (κ1) is 20.4. The number of nitrogens with zero attached hydrogens (tertiary/aromatic N) is 1. The first-order valence-corrected chi connectivity index (χ1v) is 9.62. The summed E-state index contributed by atoms with van der Waals surface area (Å²) in [5.74, 6) is 0.305. The molecule has 0 aliphatic carbocycles. The Morgan fingerprint density at radius 1 is 1.17 bits per heavy atom. The van der Waals surface area contributed by atoms with E-state index >= 15 is 0 Å². The van der Waals surface area contributed by atoms with Crippen LogP contribution in [0.5, 0.6) is 5.75 Å². The number of ether oxygens (including phenoxy) is 1. The lowest BCUT2D eigenvalue weighted by Crippen LogP contribution is -2.31. The summed E-state index contributed by atoms with van der Waals surface area (Å²) in [4.78, 5) is 37.0. The summed E-state index contributed by atoms with van der Waals surface area (Å²) in [5, 5.41) is 5.61. The number of amides is 3. The van der Waals surface area contributed by atoms with E-state index in [-0.39, 0.29) is 30.4 Å². The zero-order chi connectivity index (χ0) is 20.8. The van der Waals surface area contributed by atoms with Crippen LogP contribution in [0.3, 0.4) is 0 Å². The summed E-state index contributed by atoms with van der Waals surface area (Å²) >= 11 is 0. The van der Waals surface area contributed by atoms with Crippen molar-refractivity contribution >= 4 is 29.1 Å². The van der Waals surface area contributed by atoms with Crippen LogP contribution >= 0.6 is 0 Å². The first-order chi connectivity index (χ1) is 13.9. The van der Waals surface area contributed by atoms with Gasteiger partial charge in [-0.2, -0.15) is 0 Å². The van der Waals surface area contributed by atoms with Crippen molar-refractivity contribution in [3.05, 3.63) is 54.1 Å². The monoisotopic (exact) mass is 395 g/mol. The second kappa shape index (κ2) is 9.23. The minimum atomic E-state index is -0.249. The SMILES string of the molecule is CC(=O)Nc1cccc(C(C)NC(=O)COc2ccc(N3CCCC3=O)cc2)c1. The predicted molar refractivity (Wildman–Crippen MR) is 111 cm³/mol. The maximum atomic E-state index is 12.2. The van der Waals surface area contributed by atoms with Crippen molar-refractivity contribution in [2.24, 2.45) is 0 Å². The van der Waals surface area contributed by atoms with Gasteiger partial charge in [-0.3, -0.25) is 14.4 Å². The highest BCUT2D eigenvalue weighted by Gasteiger charge is 2.21. The Labute approximate surface area is 170 Å². The number of hydrogen-bond donors (Lipinski definition) is 2. The summed E-state index contributed by atoms with van der Waals surface area (Å²) in [6.45, 7) is 3.94. The van der Waals surface area contributed by atoms with E-state index in [1.807, 2.05) is 37.3 Å². The molecule has 3 rings (SSSR count). The topological polar surface area (TPSA) is 87.7 Å². The van der Waals surface area contributed by atoms with Crippen molar-refractivity contribution < 1.29 is 19.1 Å². The lowest BCUT2D eigenvalue weighted by Gasteiger charge is -2.17. The Kier molecular flexibility index (Phi) is 6.49. The zero-order valence-corrected chi connectivity index (χ0v) is 16.6. The smallest absolute Gasteiger partial charge is 0.258 e. The second-order valence-electron chi connectivity index (χ2n) is 7.03. The van der Waals surface area contributed by atoms with Gasteiger partial charge in [0, 0.05) is 31.3 Å². The normalized spacial score (nSPS) is 14.4. The predicted octanol–water partition coefficient (Wildman–Crippen LogP) is 3.03. The number of benzene rings is 2. The highest BCUT2D eigenvalue weighted by Crippen LogP contribution is 2.24. The number of carbonyl (C=O) groups is 3. The molecule has 1 aliphatic heterocycles. The van der Waals surface area contributed by atoms with Crippen molar-refractivity contribution in [1.82, 2.24) is 5.32 Å². The minimum Gasteiger partial charge on any atom is -0.484 e. The molecule has 7 heteroatoms. The highest BCUT2D eigenvalue weighted by molar-refractivity contribution is 5.95. The molecule has 0 radical (unpaired) electrons.